The molecule has 9 aromatic rings. The number of hydrogen-bond acceptors (Lipinski definition) is 2. The van der Waals surface area contributed by atoms with Gasteiger partial charge < -0.3 is 14.0 Å². The third kappa shape index (κ3) is 4.46. The van der Waals surface area contributed by atoms with E-state index in [4.69, 9.17) is 9.47 Å². The van der Waals surface area contributed by atoms with Crippen LogP contribution in [0.3, 0.4) is 0 Å². The number of rotatable bonds is 3. The van der Waals surface area contributed by atoms with Crippen LogP contribution < -0.4 is 25.9 Å². The molecule has 0 bridgehead atoms. The topological polar surface area (TPSA) is 23.4 Å². The molecule has 0 spiro atoms. The van der Waals surface area contributed by atoms with Gasteiger partial charge in [-0.2, -0.15) is 0 Å². The molecule has 3 aliphatic rings. The summed E-state index contributed by atoms with van der Waals surface area (Å²) in [5, 5.41) is 4.98. The first-order valence-corrected chi connectivity index (χ1v) is 19.3. The van der Waals surface area contributed by atoms with Gasteiger partial charge in [-0.25, -0.2) is 0 Å². The van der Waals surface area contributed by atoms with Crippen molar-refractivity contribution in [2.45, 2.75) is 13.3 Å². The largest absolute Gasteiger partial charge is 0.458 e. The maximum absolute atomic E-state index is 7.12. The maximum Gasteiger partial charge on any atom is 0.260 e. The molecular weight excluding hydrogens is 669 g/mol. The molecule has 0 radical (unpaired) electrons. The molecule has 2 aliphatic heterocycles. The second kappa shape index (κ2) is 11.6. The molecule has 258 valence electrons. The van der Waals surface area contributed by atoms with Gasteiger partial charge in [-0.1, -0.05) is 134 Å². The lowest BCUT2D eigenvalue weighted by molar-refractivity contribution is 0.465. The van der Waals surface area contributed by atoms with Gasteiger partial charge in [0.2, 0.25) is 0 Å². The monoisotopic (exact) mass is 703 g/mol. The molecule has 1 unspecified atom stereocenters. The lowest BCUT2D eigenvalue weighted by atomic mass is 9.35. The highest BCUT2D eigenvalue weighted by molar-refractivity contribution is 6.98. The molecule has 3 nitrogen and oxygen atoms in total. The Morgan fingerprint density at radius 3 is 1.87 bits per heavy atom. The van der Waals surface area contributed by atoms with Gasteiger partial charge in [0.25, 0.3) is 6.71 Å². The van der Waals surface area contributed by atoms with Crippen LogP contribution in [0.5, 0.6) is 23.0 Å². The molecule has 0 saturated heterocycles. The quantitative estimate of drug-likeness (QED) is 0.171. The van der Waals surface area contributed by atoms with E-state index in [1.165, 1.54) is 60.4 Å². The maximum atomic E-state index is 7.12. The fourth-order valence-electron chi connectivity index (χ4n) is 9.72. The molecule has 12 rings (SSSR count). The standard InChI is InChI=1S/C51H34BNO2/c1-31-23-25-39-40(27-31)49(32-13-3-2-4-14-32)37-17-5-6-18-38(37)50(39)33-28-47-51-48(29-33)55-46-30-34(24-26-42(46)52(51)41-19-9-12-22-45(41)54-47)53-43-20-10-7-15-35(43)36-16-8-11-21-44(36)53/h2-26,28-31H,27H2,1H3. The summed E-state index contributed by atoms with van der Waals surface area (Å²) >= 11 is 0. The Hall–Kier alpha value is -6.78. The molecule has 0 N–H and O–H groups in total. The van der Waals surface area contributed by atoms with Gasteiger partial charge in [0.05, 0.1) is 11.0 Å². The van der Waals surface area contributed by atoms with Crippen LogP contribution in [0.15, 0.2) is 164 Å². The zero-order valence-corrected chi connectivity index (χ0v) is 30.3. The minimum atomic E-state index is -0.0215. The second-order valence-electron chi connectivity index (χ2n) is 15.2. The fourth-order valence-corrected chi connectivity index (χ4v) is 9.72. The predicted molar refractivity (Wildman–Crippen MR) is 229 cm³/mol. The number of fused-ring (bicyclic) bond motifs is 9. The van der Waals surface area contributed by atoms with Crippen molar-refractivity contribution in [3.63, 3.8) is 0 Å². The first-order valence-electron chi connectivity index (χ1n) is 19.3. The smallest absolute Gasteiger partial charge is 0.260 e. The molecule has 4 heteroatoms. The Bertz CT molecular complexity index is 3050. The minimum absolute atomic E-state index is 0.0215. The lowest BCUT2D eigenvalue weighted by Gasteiger charge is -2.34. The van der Waals surface area contributed by atoms with E-state index in [-0.39, 0.29) is 6.71 Å². The molecule has 1 atom stereocenters. The highest BCUT2D eigenvalue weighted by Gasteiger charge is 2.41. The molecule has 1 aliphatic carbocycles. The van der Waals surface area contributed by atoms with Gasteiger partial charge in [-0.15, -0.1) is 0 Å². The first-order chi connectivity index (χ1) is 27.2. The van der Waals surface area contributed by atoms with Gasteiger partial charge in [-0.3, -0.25) is 0 Å². The van der Waals surface area contributed by atoms with Crippen molar-refractivity contribution < 1.29 is 9.47 Å². The van der Waals surface area contributed by atoms with E-state index in [9.17, 15) is 0 Å². The van der Waals surface area contributed by atoms with Crippen LogP contribution in [0.4, 0.5) is 0 Å². The summed E-state index contributed by atoms with van der Waals surface area (Å²) in [6.07, 6.45) is 5.70. The van der Waals surface area contributed by atoms with Crippen LogP contribution in [-0.4, -0.2) is 11.3 Å². The molecule has 0 saturated carbocycles. The summed E-state index contributed by atoms with van der Waals surface area (Å²) in [6, 6.07) is 56.9. The Labute approximate surface area is 319 Å². The third-order valence-electron chi connectivity index (χ3n) is 12.0. The van der Waals surface area contributed by atoms with Crippen molar-refractivity contribution >= 4 is 61.8 Å². The highest BCUT2D eigenvalue weighted by atomic mass is 16.5. The van der Waals surface area contributed by atoms with Crippen molar-refractivity contribution in [3.8, 4) is 50.9 Å². The Kier molecular flexibility index (Phi) is 6.47. The fraction of sp³-hybridized carbons (Fsp3) is 0.0588. The molecule has 1 aromatic heterocycles. The Morgan fingerprint density at radius 1 is 0.527 bits per heavy atom. The van der Waals surface area contributed by atoms with Gasteiger partial charge in [0.1, 0.15) is 23.0 Å². The van der Waals surface area contributed by atoms with Crippen LogP contribution in [0.1, 0.15) is 18.1 Å². The van der Waals surface area contributed by atoms with E-state index >= 15 is 0 Å². The number of allylic oxidation sites excluding steroid dienone is 1. The van der Waals surface area contributed by atoms with Crippen molar-refractivity contribution in [2.24, 2.45) is 5.92 Å². The zero-order chi connectivity index (χ0) is 36.2. The van der Waals surface area contributed by atoms with Gasteiger partial charge in [0, 0.05) is 28.0 Å². The summed E-state index contributed by atoms with van der Waals surface area (Å²) in [6.45, 7) is 2.29. The summed E-state index contributed by atoms with van der Waals surface area (Å²) in [4.78, 5) is 0. The van der Waals surface area contributed by atoms with Crippen LogP contribution in [0.2, 0.25) is 0 Å². The van der Waals surface area contributed by atoms with Crippen LogP contribution in [0.25, 0.3) is 66.6 Å². The SMILES string of the molecule is CC1C=Cc2c(c(-c3ccccc3)c3ccccc3c2-c2cc3c4c(c2)Oc2cc(-n5c6ccccc6c6ccccc65)ccc2B4c2ccccc2O3)C1. The van der Waals surface area contributed by atoms with Gasteiger partial charge in [0.15, 0.2) is 0 Å². The number of para-hydroxylation sites is 3. The van der Waals surface area contributed by atoms with Gasteiger partial charge >= 0.3 is 0 Å². The lowest BCUT2D eigenvalue weighted by Crippen LogP contribution is -2.57. The van der Waals surface area contributed by atoms with E-state index < -0.39 is 0 Å². The first kappa shape index (κ1) is 30.7. The number of aromatic nitrogens is 1. The van der Waals surface area contributed by atoms with Crippen LogP contribution >= 0.6 is 0 Å². The number of ether oxygens (including phenoxy) is 2. The van der Waals surface area contributed by atoms with Crippen LogP contribution in [0, 0.1) is 5.92 Å². The average molecular weight is 704 g/mol. The van der Waals surface area contributed by atoms with Crippen molar-refractivity contribution in [3.05, 3.63) is 175 Å². The number of hydrogen-bond donors (Lipinski definition) is 0. The molecule has 8 aromatic carbocycles. The van der Waals surface area contributed by atoms with E-state index in [1.54, 1.807) is 0 Å². The Morgan fingerprint density at radius 2 is 1.13 bits per heavy atom. The normalized spacial score (nSPS) is 14.9. The minimum Gasteiger partial charge on any atom is -0.458 e. The molecule has 0 amide bonds. The summed E-state index contributed by atoms with van der Waals surface area (Å²) in [5.41, 5.74) is 14.4. The summed E-state index contributed by atoms with van der Waals surface area (Å²) < 4.78 is 16.3. The van der Waals surface area contributed by atoms with E-state index in [0.29, 0.717) is 5.92 Å². The highest BCUT2D eigenvalue weighted by Crippen LogP contribution is 2.48. The Balaban J connectivity index is 1.10. The molecule has 0 fully saturated rings. The van der Waals surface area contributed by atoms with E-state index in [1.807, 2.05) is 0 Å². The third-order valence-corrected chi connectivity index (χ3v) is 12.0. The zero-order valence-electron chi connectivity index (χ0n) is 30.3. The van der Waals surface area contributed by atoms with E-state index in [0.717, 1.165) is 57.1 Å². The summed E-state index contributed by atoms with van der Waals surface area (Å²) in [7, 11) is 0. The van der Waals surface area contributed by atoms with Crippen molar-refractivity contribution in [1.29, 1.82) is 0 Å². The molecule has 55 heavy (non-hydrogen) atoms. The number of nitrogens with zero attached hydrogens (tertiary/aromatic N) is 1. The second-order valence-corrected chi connectivity index (χ2v) is 15.2. The average Bonchev–Trinajstić information content (AvgIpc) is 3.57. The molecule has 3 heterocycles. The van der Waals surface area contributed by atoms with E-state index in [2.05, 4.69) is 181 Å². The molecular formula is C51H34BNO2. The predicted octanol–water partition coefficient (Wildman–Crippen LogP) is 11.2. The van der Waals surface area contributed by atoms with Crippen LogP contribution in [-0.2, 0) is 6.42 Å². The van der Waals surface area contributed by atoms with Crippen molar-refractivity contribution in [1.82, 2.24) is 4.57 Å². The summed E-state index contributed by atoms with van der Waals surface area (Å²) in [5.74, 6) is 3.90. The number of benzene rings is 8. The van der Waals surface area contributed by atoms with Crippen molar-refractivity contribution in [2.75, 3.05) is 0 Å². The van der Waals surface area contributed by atoms with Gasteiger partial charge in [-0.05, 0) is 104 Å².